The predicted octanol–water partition coefficient (Wildman–Crippen LogP) is 1.72. The van der Waals surface area contributed by atoms with E-state index in [-0.39, 0.29) is 30.3 Å². The quantitative estimate of drug-likeness (QED) is 0.313. The number of nitrogens with zero attached hydrogens (tertiary/aromatic N) is 1. The molecule has 2 saturated heterocycles. The number of cyclic esters (lactones) is 1. The minimum atomic E-state index is -1.91. The van der Waals surface area contributed by atoms with Crippen LogP contribution in [0.2, 0.25) is 0 Å². The van der Waals surface area contributed by atoms with E-state index in [0.29, 0.717) is 19.3 Å². The molecule has 0 radical (unpaired) electrons. The van der Waals surface area contributed by atoms with Gasteiger partial charge in [-0.05, 0) is 73.4 Å². The molecule has 0 aromatic rings. The second-order valence-electron chi connectivity index (χ2n) is 13.7. The van der Waals surface area contributed by atoms with Crippen molar-refractivity contribution in [1.29, 1.82) is 0 Å². The van der Waals surface area contributed by atoms with Crippen molar-refractivity contribution in [3.8, 4) is 0 Å². The molecule has 2 aliphatic heterocycles. The van der Waals surface area contributed by atoms with Gasteiger partial charge in [0.05, 0.1) is 23.9 Å². The Balaban J connectivity index is 2.06. The zero-order valence-corrected chi connectivity index (χ0v) is 26.9. The number of aliphatic hydroxyl groups is 3. The summed E-state index contributed by atoms with van der Waals surface area (Å²) in [6.45, 7) is 11.3. The first-order valence-corrected chi connectivity index (χ1v) is 15.3. The Bertz CT molecular complexity index is 983. The van der Waals surface area contributed by atoms with Gasteiger partial charge >= 0.3 is 5.97 Å². The third-order valence-electron chi connectivity index (χ3n) is 9.90. The average molecular weight is 600 g/mol. The summed E-state index contributed by atoms with van der Waals surface area (Å²) in [6, 6.07) is -0.263. The second-order valence-corrected chi connectivity index (χ2v) is 13.7. The van der Waals surface area contributed by atoms with Gasteiger partial charge in [0.2, 0.25) is 0 Å². The highest BCUT2D eigenvalue weighted by Gasteiger charge is 2.54. The summed E-state index contributed by atoms with van der Waals surface area (Å²) in [5, 5.41) is 33.9. The van der Waals surface area contributed by atoms with Gasteiger partial charge in [-0.15, -0.1) is 0 Å². The molecule has 3 N–H and O–H groups in total. The van der Waals surface area contributed by atoms with Crippen LogP contribution in [0.15, 0.2) is 0 Å². The van der Waals surface area contributed by atoms with E-state index in [9.17, 15) is 29.7 Å². The summed E-state index contributed by atoms with van der Waals surface area (Å²) < 4.78 is 24.2. The van der Waals surface area contributed by atoms with E-state index in [2.05, 4.69) is 0 Å². The Kier molecular flexibility index (Phi) is 11.1. The number of hydrogen-bond donors (Lipinski definition) is 3. The third kappa shape index (κ3) is 7.08. The third-order valence-corrected chi connectivity index (χ3v) is 9.90. The Labute approximate surface area is 250 Å². The van der Waals surface area contributed by atoms with Gasteiger partial charge in [0.25, 0.3) is 0 Å². The SMILES string of the molecule is CO[C@@]1(C)C[C@@H](C)C(=O)[C@@H](C)[C@@H](O)[C@](C)(O)C(C2CC2)OC(=O)[C@H](C)C(=O)[C@H](C)[C@H]1OC1O[C@H](C)C[C@H](N(C)C)[C@H]1O. The molecule has 0 aromatic heterocycles. The molecule has 0 aromatic carbocycles. The van der Waals surface area contributed by atoms with Gasteiger partial charge in [-0.2, -0.15) is 0 Å². The molecule has 242 valence electrons. The van der Waals surface area contributed by atoms with Crippen molar-refractivity contribution in [1.82, 2.24) is 4.90 Å². The van der Waals surface area contributed by atoms with Gasteiger partial charge in [0.1, 0.15) is 29.5 Å². The Hall–Kier alpha value is -1.47. The molecular formula is C31H53NO10. The van der Waals surface area contributed by atoms with Crippen molar-refractivity contribution in [3.05, 3.63) is 0 Å². The number of esters is 1. The molecule has 2 unspecified atom stereocenters. The highest BCUT2D eigenvalue weighted by molar-refractivity contribution is 6.00. The van der Waals surface area contributed by atoms with Crippen LogP contribution in [0, 0.1) is 29.6 Å². The Morgan fingerprint density at radius 3 is 2.07 bits per heavy atom. The monoisotopic (exact) mass is 599 g/mol. The van der Waals surface area contributed by atoms with Crippen molar-refractivity contribution in [2.75, 3.05) is 21.2 Å². The lowest BCUT2D eigenvalue weighted by Crippen LogP contribution is -2.60. The van der Waals surface area contributed by atoms with E-state index in [0.717, 1.165) is 0 Å². The lowest BCUT2D eigenvalue weighted by molar-refractivity contribution is -0.295. The Morgan fingerprint density at radius 2 is 1.55 bits per heavy atom. The predicted molar refractivity (Wildman–Crippen MR) is 153 cm³/mol. The highest BCUT2D eigenvalue weighted by atomic mass is 16.7. The van der Waals surface area contributed by atoms with Crippen molar-refractivity contribution in [3.63, 3.8) is 0 Å². The molecule has 1 saturated carbocycles. The maximum absolute atomic E-state index is 13.9. The highest BCUT2D eigenvalue weighted by Crippen LogP contribution is 2.43. The maximum atomic E-state index is 13.9. The van der Waals surface area contributed by atoms with E-state index < -0.39 is 77.3 Å². The lowest BCUT2D eigenvalue weighted by Gasteiger charge is -2.47. The summed E-state index contributed by atoms with van der Waals surface area (Å²) in [4.78, 5) is 42.8. The number of rotatable bonds is 5. The zero-order chi connectivity index (χ0) is 31.9. The summed E-state index contributed by atoms with van der Waals surface area (Å²) in [5.74, 6) is -5.61. The van der Waals surface area contributed by atoms with Crippen molar-refractivity contribution in [2.45, 2.75) is 128 Å². The van der Waals surface area contributed by atoms with Crippen LogP contribution in [-0.4, -0.2) is 113 Å². The molecule has 3 fully saturated rings. The van der Waals surface area contributed by atoms with Crippen LogP contribution in [0.25, 0.3) is 0 Å². The van der Waals surface area contributed by atoms with E-state index in [4.69, 9.17) is 18.9 Å². The summed E-state index contributed by atoms with van der Waals surface area (Å²) in [5.41, 5.74) is -3.16. The van der Waals surface area contributed by atoms with Crippen LogP contribution in [0.1, 0.15) is 74.1 Å². The van der Waals surface area contributed by atoms with E-state index in [1.165, 1.54) is 21.0 Å². The van der Waals surface area contributed by atoms with Gasteiger partial charge in [-0.1, -0.05) is 20.8 Å². The van der Waals surface area contributed by atoms with Crippen LogP contribution >= 0.6 is 0 Å². The standard InChI is InChI=1S/C31H53NO10/c1-15-14-30(6,39-10)26(42-29-24(35)21(32(8)9)13-16(2)40-29)18(4)23(34)19(5)28(37)41-27(20-11-12-20)31(7,38)25(36)17(3)22(15)33/h15-21,24-27,29,35-36,38H,11-14H2,1-10H3/t15-,16-,17-,18+,19-,21+,24-,25-,26-,27?,29?,30+,31+/m1/s1. The number of methoxy groups -OCH3 is 1. The lowest BCUT2D eigenvalue weighted by atomic mass is 9.74. The minimum Gasteiger partial charge on any atom is -0.458 e. The number of carbonyl (C=O) groups excluding carboxylic acids is 3. The van der Waals surface area contributed by atoms with Gasteiger partial charge in [-0.25, -0.2) is 0 Å². The first-order valence-electron chi connectivity index (χ1n) is 15.3. The molecular weight excluding hydrogens is 546 g/mol. The van der Waals surface area contributed by atoms with Gasteiger partial charge < -0.3 is 39.2 Å². The average Bonchev–Trinajstić information content (AvgIpc) is 3.77. The van der Waals surface area contributed by atoms with E-state index in [1.54, 1.807) is 27.7 Å². The van der Waals surface area contributed by atoms with E-state index in [1.807, 2.05) is 25.9 Å². The second kappa shape index (κ2) is 13.3. The van der Waals surface area contributed by atoms with Crippen molar-refractivity contribution in [2.24, 2.45) is 29.6 Å². The van der Waals surface area contributed by atoms with Crippen LogP contribution in [0.5, 0.6) is 0 Å². The number of carbonyl (C=O) groups is 3. The number of aliphatic hydroxyl groups excluding tert-OH is 2. The van der Waals surface area contributed by atoms with Crippen molar-refractivity contribution < 1.29 is 48.7 Å². The van der Waals surface area contributed by atoms with Crippen LogP contribution in [0.3, 0.4) is 0 Å². The molecule has 2 heterocycles. The molecule has 13 atom stereocenters. The molecule has 0 bridgehead atoms. The molecule has 11 nitrogen and oxygen atoms in total. The molecule has 0 amide bonds. The first-order chi connectivity index (χ1) is 19.4. The topological polar surface area (TPSA) is 152 Å². The fraction of sp³-hybridized carbons (Fsp3) is 0.903. The first kappa shape index (κ1) is 35.0. The zero-order valence-electron chi connectivity index (χ0n) is 26.9. The van der Waals surface area contributed by atoms with Gasteiger partial charge in [-0.3, -0.25) is 14.4 Å². The summed E-state index contributed by atoms with van der Waals surface area (Å²) >= 11 is 0. The van der Waals surface area contributed by atoms with Crippen molar-refractivity contribution >= 4 is 17.5 Å². The molecule has 0 spiro atoms. The van der Waals surface area contributed by atoms with E-state index >= 15 is 0 Å². The number of ether oxygens (including phenoxy) is 4. The summed E-state index contributed by atoms with van der Waals surface area (Å²) in [7, 11) is 5.18. The van der Waals surface area contributed by atoms with Crippen LogP contribution in [0.4, 0.5) is 0 Å². The minimum absolute atomic E-state index is 0.101. The smallest absolute Gasteiger partial charge is 0.316 e. The molecule has 3 aliphatic rings. The number of likely N-dealkylation sites (N-methyl/N-ethyl adjacent to an activating group) is 1. The normalized spacial score (nSPS) is 46.8. The molecule has 11 heteroatoms. The van der Waals surface area contributed by atoms with Crippen LogP contribution in [-0.2, 0) is 33.3 Å². The van der Waals surface area contributed by atoms with Gasteiger partial charge in [0, 0.05) is 30.9 Å². The number of ketones is 2. The molecule has 42 heavy (non-hydrogen) atoms. The summed E-state index contributed by atoms with van der Waals surface area (Å²) in [6.07, 6.45) is -3.94. The molecule has 1 aliphatic carbocycles. The fourth-order valence-electron chi connectivity index (χ4n) is 6.87. The maximum Gasteiger partial charge on any atom is 0.316 e. The number of Topliss-reactive ketones (excluding diaryl/α,β-unsaturated/α-hetero) is 2. The largest absolute Gasteiger partial charge is 0.458 e. The van der Waals surface area contributed by atoms with Crippen LogP contribution < -0.4 is 0 Å². The Morgan fingerprint density at radius 1 is 0.952 bits per heavy atom. The number of hydrogen-bond acceptors (Lipinski definition) is 11. The van der Waals surface area contributed by atoms with Gasteiger partial charge in [0.15, 0.2) is 12.1 Å². The fourth-order valence-corrected chi connectivity index (χ4v) is 6.87. The molecule has 3 rings (SSSR count).